The minimum absolute atomic E-state index is 0. The molecule has 1 unspecified atom stereocenters. The SMILES string of the molecule is Cc1ccc(OCC(O)COc2ccc(CCCN(C)CC(c3ccc(Cl)cc3)c3ccc(Cl)cc3)cc2)cc1.[Ac]. The van der Waals surface area contributed by atoms with Crippen molar-refractivity contribution < 1.29 is 58.6 Å². The Hall–Kier alpha value is -1.58. The number of ether oxygens (including phenoxy) is 2. The first-order valence-electron chi connectivity index (χ1n) is 13.6. The minimum atomic E-state index is -0.707. The van der Waals surface area contributed by atoms with Crippen LogP contribution in [0, 0.1) is 51.0 Å². The summed E-state index contributed by atoms with van der Waals surface area (Å²) in [5, 5.41) is 11.7. The van der Waals surface area contributed by atoms with Crippen LogP contribution in [0.25, 0.3) is 0 Å². The number of benzene rings is 4. The fourth-order valence-corrected chi connectivity index (χ4v) is 4.82. The fraction of sp³-hybridized carbons (Fsp3) is 0.294. The quantitative estimate of drug-likeness (QED) is 0.141. The Morgan fingerprint density at radius 3 is 1.66 bits per heavy atom. The van der Waals surface area contributed by atoms with Crippen molar-refractivity contribution >= 4 is 23.2 Å². The Morgan fingerprint density at radius 1 is 0.707 bits per heavy atom. The van der Waals surface area contributed by atoms with Crippen molar-refractivity contribution in [3.63, 3.8) is 0 Å². The van der Waals surface area contributed by atoms with Gasteiger partial charge >= 0.3 is 0 Å². The molecule has 4 aromatic carbocycles. The number of likely N-dealkylation sites (N-methyl/N-ethyl adjacent to an activating group) is 1. The van der Waals surface area contributed by atoms with E-state index >= 15 is 0 Å². The maximum atomic E-state index is 10.2. The second-order valence-electron chi connectivity index (χ2n) is 10.3. The topological polar surface area (TPSA) is 41.9 Å². The zero-order chi connectivity index (χ0) is 28.3. The van der Waals surface area contributed by atoms with Crippen molar-refractivity contribution in [3.8, 4) is 11.5 Å². The van der Waals surface area contributed by atoms with Crippen molar-refractivity contribution in [2.45, 2.75) is 31.8 Å². The van der Waals surface area contributed by atoms with Gasteiger partial charge in [-0.3, -0.25) is 0 Å². The molecule has 0 fully saturated rings. The van der Waals surface area contributed by atoms with E-state index in [0.29, 0.717) is 0 Å². The molecule has 0 aliphatic heterocycles. The summed E-state index contributed by atoms with van der Waals surface area (Å²) in [4.78, 5) is 2.38. The number of halogens is 2. The fourth-order valence-electron chi connectivity index (χ4n) is 4.57. The summed E-state index contributed by atoms with van der Waals surface area (Å²) >= 11 is 12.3. The average molecular weight is 806 g/mol. The monoisotopic (exact) mass is 804 g/mol. The molecular formula is C34H37AcCl2NO3. The number of aliphatic hydroxyl groups is 1. The van der Waals surface area contributed by atoms with Gasteiger partial charge in [-0.25, -0.2) is 0 Å². The molecule has 4 aromatic rings. The summed E-state index contributed by atoms with van der Waals surface area (Å²) in [6.45, 7) is 4.26. The summed E-state index contributed by atoms with van der Waals surface area (Å²) in [6.07, 6.45) is 1.31. The van der Waals surface area contributed by atoms with Crippen LogP contribution in [-0.4, -0.2) is 49.5 Å². The van der Waals surface area contributed by atoms with Crippen LogP contribution in [-0.2, 0) is 6.42 Å². The molecule has 0 aliphatic carbocycles. The number of aryl methyl sites for hydroxylation is 2. The van der Waals surface area contributed by atoms with E-state index in [9.17, 15) is 5.11 Å². The number of hydrogen-bond acceptors (Lipinski definition) is 4. The Bertz CT molecular complexity index is 1250. The Balaban J connectivity index is 0.00000462. The summed E-state index contributed by atoms with van der Waals surface area (Å²) in [5.74, 6) is 1.71. The molecular weight excluding hydrogens is 768 g/mol. The van der Waals surface area contributed by atoms with Gasteiger partial charge in [0.15, 0.2) is 0 Å². The Kier molecular flexibility index (Phi) is 14.5. The van der Waals surface area contributed by atoms with Gasteiger partial charge in [-0.2, -0.15) is 0 Å². The smallest absolute Gasteiger partial charge is 0.122 e. The second kappa shape index (κ2) is 17.5. The maximum Gasteiger partial charge on any atom is 0.122 e. The number of hydrogen-bond donors (Lipinski definition) is 1. The van der Waals surface area contributed by atoms with Crippen LogP contribution in [0.3, 0.4) is 0 Å². The third kappa shape index (κ3) is 11.6. The average Bonchev–Trinajstić information content (AvgIpc) is 2.96. The third-order valence-electron chi connectivity index (χ3n) is 6.87. The van der Waals surface area contributed by atoms with Crippen LogP contribution in [0.4, 0.5) is 0 Å². The van der Waals surface area contributed by atoms with E-state index in [1.54, 1.807) is 0 Å². The summed E-state index contributed by atoms with van der Waals surface area (Å²) in [6, 6.07) is 32.1. The zero-order valence-corrected chi connectivity index (χ0v) is 29.9. The predicted octanol–water partition coefficient (Wildman–Crippen LogP) is 7.82. The van der Waals surface area contributed by atoms with Crippen LogP contribution in [0.2, 0.25) is 10.0 Å². The van der Waals surface area contributed by atoms with E-state index in [1.165, 1.54) is 22.3 Å². The predicted molar refractivity (Wildman–Crippen MR) is 165 cm³/mol. The molecule has 41 heavy (non-hydrogen) atoms. The first kappa shape index (κ1) is 33.9. The first-order chi connectivity index (χ1) is 19.4. The molecule has 1 radical (unpaired) electrons. The minimum Gasteiger partial charge on any atom is -0.491 e. The molecule has 213 valence electrons. The van der Waals surface area contributed by atoms with Crippen molar-refractivity contribution in [1.82, 2.24) is 4.90 Å². The van der Waals surface area contributed by atoms with Crippen molar-refractivity contribution in [2.75, 3.05) is 33.4 Å². The van der Waals surface area contributed by atoms with Crippen LogP contribution in [0.1, 0.15) is 34.6 Å². The van der Waals surface area contributed by atoms with E-state index in [2.05, 4.69) is 48.3 Å². The van der Waals surface area contributed by atoms with Crippen molar-refractivity contribution in [1.29, 1.82) is 0 Å². The number of aliphatic hydroxyl groups excluding tert-OH is 1. The number of nitrogens with zero attached hydrogens (tertiary/aromatic N) is 1. The van der Waals surface area contributed by atoms with Crippen LogP contribution in [0.5, 0.6) is 11.5 Å². The first-order valence-corrected chi connectivity index (χ1v) is 14.4. The van der Waals surface area contributed by atoms with Crippen LogP contribution < -0.4 is 9.47 Å². The van der Waals surface area contributed by atoms with E-state index in [4.69, 9.17) is 32.7 Å². The van der Waals surface area contributed by atoms with Gasteiger partial charge in [0.2, 0.25) is 0 Å². The van der Waals surface area contributed by atoms with E-state index in [-0.39, 0.29) is 63.2 Å². The van der Waals surface area contributed by atoms with Crippen molar-refractivity contribution in [2.24, 2.45) is 0 Å². The molecule has 0 bridgehead atoms. The second-order valence-corrected chi connectivity index (χ2v) is 11.1. The molecule has 1 atom stereocenters. The molecule has 4 nitrogen and oxygen atoms in total. The molecule has 7 heteroatoms. The molecule has 0 heterocycles. The van der Waals surface area contributed by atoms with Crippen LogP contribution in [0.15, 0.2) is 97.1 Å². The Labute approximate surface area is 290 Å². The zero-order valence-electron chi connectivity index (χ0n) is 23.7. The standard InChI is InChI=1S/C34H37Cl2NO3.Ac/c1-25-5-17-32(18-6-25)39-23-31(38)24-40-33-19-7-26(8-20-33)4-3-21-37(2)22-34(27-9-13-29(35)14-10-27)28-11-15-30(36)16-12-28;/h5-20,31,34,38H,3-4,21-24H2,1-2H3;. The van der Waals surface area contributed by atoms with Gasteiger partial charge in [0.05, 0.1) is 0 Å². The van der Waals surface area contributed by atoms with Gasteiger partial charge in [-0.1, -0.05) is 77.3 Å². The van der Waals surface area contributed by atoms with Gasteiger partial charge in [0.25, 0.3) is 0 Å². The molecule has 0 aromatic heterocycles. The van der Waals surface area contributed by atoms with E-state index < -0.39 is 6.10 Å². The van der Waals surface area contributed by atoms with Gasteiger partial charge in [-0.15, -0.1) is 0 Å². The summed E-state index contributed by atoms with van der Waals surface area (Å²) in [5.41, 5.74) is 4.90. The molecule has 0 saturated heterocycles. The van der Waals surface area contributed by atoms with E-state index in [1.807, 2.05) is 67.6 Å². The third-order valence-corrected chi connectivity index (χ3v) is 7.38. The molecule has 0 saturated carbocycles. The van der Waals surface area contributed by atoms with Gasteiger partial charge in [0, 0.05) is 66.6 Å². The Morgan fingerprint density at radius 2 is 1.17 bits per heavy atom. The van der Waals surface area contributed by atoms with Gasteiger partial charge < -0.3 is 19.5 Å². The van der Waals surface area contributed by atoms with Crippen molar-refractivity contribution in [3.05, 3.63) is 129 Å². The van der Waals surface area contributed by atoms with Gasteiger partial charge in [-0.05, 0) is 98.6 Å². The summed E-state index contributed by atoms with van der Waals surface area (Å²) in [7, 11) is 2.17. The summed E-state index contributed by atoms with van der Waals surface area (Å²) < 4.78 is 11.4. The van der Waals surface area contributed by atoms with Crippen LogP contribution >= 0.6 is 23.2 Å². The maximum absolute atomic E-state index is 10.2. The van der Waals surface area contributed by atoms with E-state index in [0.717, 1.165) is 47.5 Å². The number of rotatable bonds is 14. The molecule has 4 rings (SSSR count). The molecule has 0 aliphatic rings. The normalized spacial score (nSPS) is 11.8. The molecule has 0 spiro atoms. The molecule has 0 amide bonds. The van der Waals surface area contributed by atoms with Gasteiger partial charge in [0.1, 0.15) is 30.8 Å². The largest absolute Gasteiger partial charge is 0.491 e. The molecule has 1 N–H and O–H groups in total.